The van der Waals surface area contributed by atoms with Crippen molar-refractivity contribution >= 4 is 34.7 Å². The summed E-state index contributed by atoms with van der Waals surface area (Å²) in [6.07, 6.45) is 0.956. The van der Waals surface area contributed by atoms with Crippen LogP contribution in [0, 0.1) is 0 Å². The highest BCUT2D eigenvalue weighted by Crippen LogP contribution is 2.39. The molecular weight excluding hydrogens is 527 g/mol. The van der Waals surface area contributed by atoms with Crippen molar-refractivity contribution in [3.8, 4) is 11.3 Å². The third kappa shape index (κ3) is 6.12. The van der Waals surface area contributed by atoms with Gasteiger partial charge < -0.3 is 25.1 Å². The molecule has 4 aromatic rings. The van der Waals surface area contributed by atoms with Gasteiger partial charge in [-0.1, -0.05) is 0 Å². The van der Waals surface area contributed by atoms with E-state index in [0.29, 0.717) is 43.2 Å². The number of carbonyl (C=O) groups is 2. The molecule has 0 radical (unpaired) electrons. The molecule has 0 saturated carbocycles. The van der Waals surface area contributed by atoms with Crippen molar-refractivity contribution in [2.75, 3.05) is 32.0 Å². The molecule has 0 aliphatic carbocycles. The zero-order valence-electron chi connectivity index (χ0n) is 21.1. The van der Waals surface area contributed by atoms with E-state index in [-0.39, 0.29) is 40.4 Å². The molecule has 1 aliphatic heterocycles. The molecule has 3 N–H and O–H groups in total. The summed E-state index contributed by atoms with van der Waals surface area (Å²) in [5.41, 5.74) is 5.69. The van der Waals surface area contributed by atoms with Gasteiger partial charge in [-0.15, -0.1) is 0 Å². The molecule has 0 atom stereocenters. The summed E-state index contributed by atoms with van der Waals surface area (Å²) >= 11 is 0. The van der Waals surface area contributed by atoms with Gasteiger partial charge in [0.05, 0.1) is 36.6 Å². The molecule has 5 rings (SSSR count). The first-order valence-corrected chi connectivity index (χ1v) is 12.3. The van der Waals surface area contributed by atoms with Crippen molar-refractivity contribution in [2.24, 2.45) is 0 Å². The monoisotopic (exact) mass is 551 g/mol. The molecule has 0 spiro atoms. The minimum atomic E-state index is -4.70. The number of benzene rings is 1. The Morgan fingerprint density at radius 2 is 1.85 bits per heavy atom. The fourth-order valence-electron chi connectivity index (χ4n) is 4.21. The first kappa shape index (κ1) is 26.9. The van der Waals surface area contributed by atoms with Gasteiger partial charge in [-0.2, -0.15) is 13.2 Å². The molecule has 1 fully saturated rings. The Labute approximate surface area is 226 Å². The second-order valence-electron chi connectivity index (χ2n) is 9.06. The molecule has 2 amide bonds. The zero-order chi connectivity index (χ0) is 28.3. The predicted octanol–water partition coefficient (Wildman–Crippen LogP) is 4.29. The number of halogens is 3. The van der Waals surface area contributed by atoms with Crippen molar-refractivity contribution < 1.29 is 31.9 Å². The van der Waals surface area contributed by atoms with E-state index in [9.17, 15) is 22.8 Å². The molecule has 9 nitrogen and oxygen atoms in total. The number of alkyl halides is 3. The maximum absolute atomic E-state index is 14.0. The van der Waals surface area contributed by atoms with Gasteiger partial charge in [-0.05, 0) is 54.1 Å². The number of anilines is 1. The number of hydrogen-bond donors (Lipinski definition) is 2. The van der Waals surface area contributed by atoms with E-state index in [4.69, 9.17) is 14.9 Å². The largest absolute Gasteiger partial charge is 0.459 e. The Morgan fingerprint density at radius 1 is 1.05 bits per heavy atom. The van der Waals surface area contributed by atoms with Gasteiger partial charge >= 0.3 is 6.18 Å². The van der Waals surface area contributed by atoms with Crippen LogP contribution in [0.15, 0.2) is 65.4 Å². The van der Waals surface area contributed by atoms with Crippen LogP contribution >= 0.6 is 0 Å². The molecule has 206 valence electrons. The van der Waals surface area contributed by atoms with E-state index < -0.39 is 17.6 Å². The average Bonchev–Trinajstić information content (AvgIpc) is 3.38. The van der Waals surface area contributed by atoms with Crippen molar-refractivity contribution in [3.63, 3.8) is 0 Å². The number of fused-ring (bicyclic) bond motifs is 1. The topological polar surface area (TPSA) is 124 Å². The number of rotatable bonds is 6. The van der Waals surface area contributed by atoms with Gasteiger partial charge in [-0.3, -0.25) is 14.6 Å². The zero-order valence-corrected chi connectivity index (χ0v) is 21.1. The first-order valence-electron chi connectivity index (χ1n) is 12.3. The maximum Gasteiger partial charge on any atom is 0.420 e. The fourth-order valence-corrected chi connectivity index (χ4v) is 4.21. The number of aromatic nitrogens is 2. The van der Waals surface area contributed by atoms with E-state index in [1.54, 1.807) is 23.1 Å². The Balaban J connectivity index is 1.35. The van der Waals surface area contributed by atoms with Gasteiger partial charge in [0.25, 0.3) is 5.91 Å². The number of nitrogens with one attached hydrogen (secondary N) is 1. The number of morpholine rings is 1. The van der Waals surface area contributed by atoms with Crippen LogP contribution in [0.1, 0.15) is 27.2 Å². The first-order chi connectivity index (χ1) is 19.2. The Morgan fingerprint density at radius 3 is 2.52 bits per heavy atom. The molecule has 40 heavy (non-hydrogen) atoms. The summed E-state index contributed by atoms with van der Waals surface area (Å²) in [5.74, 6) is -0.187. The van der Waals surface area contributed by atoms with Crippen LogP contribution in [0.2, 0.25) is 0 Å². The molecular formula is C28H24F3N5O4. The summed E-state index contributed by atoms with van der Waals surface area (Å²) in [7, 11) is 0. The lowest BCUT2D eigenvalue weighted by molar-refractivity contribution is -0.136. The van der Waals surface area contributed by atoms with Gasteiger partial charge in [0.2, 0.25) is 5.91 Å². The third-order valence-electron chi connectivity index (χ3n) is 6.25. The van der Waals surface area contributed by atoms with Crippen LogP contribution in [0.3, 0.4) is 0 Å². The highest BCUT2D eigenvalue weighted by molar-refractivity contribution is 5.94. The molecule has 1 aromatic carbocycles. The standard InChI is InChI=1S/C28H24F3N5O4/c29-28(30,31)22-13-19(23-4-3-18(15-33-23)27(38)36-7-9-39-10-8-36)11-20-12-21(40-26(20)22)16-35-25(37)6-2-17-1-5-24(32)34-14-17/h1-6,11-15H,7-10,16H2,(H2,32,34)(H,35,37). The van der Waals surface area contributed by atoms with Gasteiger partial charge in [0.1, 0.15) is 17.2 Å². The molecule has 1 saturated heterocycles. The number of amides is 2. The lowest BCUT2D eigenvalue weighted by Crippen LogP contribution is -2.40. The molecule has 3 aromatic heterocycles. The second kappa shape index (κ2) is 11.2. The SMILES string of the molecule is Nc1ccc(C=CC(=O)NCc2cc3cc(-c4ccc(C(=O)N5CCOCC5)cn4)cc(C(F)(F)F)c3o2)cn1. The number of pyridine rings is 2. The van der Waals surface area contributed by atoms with E-state index in [2.05, 4.69) is 15.3 Å². The molecule has 12 heteroatoms. The predicted molar refractivity (Wildman–Crippen MR) is 141 cm³/mol. The number of nitrogens with two attached hydrogens (primary N) is 1. The minimum Gasteiger partial charge on any atom is -0.459 e. The number of nitrogen functional groups attached to an aromatic ring is 1. The quantitative estimate of drug-likeness (QED) is 0.343. The van der Waals surface area contributed by atoms with Gasteiger partial charge in [-0.25, -0.2) is 4.98 Å². The van der Waals surface area contributed by atoms with Crippen molar-refractivity contribution in [2.45, 2.75) is 12.7 Å². The van der Waals surface area contributed by atoms with Gasteiger partial charge in [0, 0.05) is 42.5 Å². The maximum atomic E-state index is 14.0. The highest BCUT2D eigenvalue weighted by Gasteiger charge is 2.35. The highest BCUT2D eigenvalue weighted by atomic mass is 19.4. The molecule has 4 heterocycles. The van der Waals surface area contributed by atoms with Crippen molar-refractivity contribution in [3.05, 3.63) is 83.4 Å². The smallest absolute Gasteiger partial charge is 0.420 e. The van der Waals surface area contributed by atoms with Crippen LogP contribution in [0.4, 0.5) is 19.0 Å². The van der Waals surface area contributed by atoms with E-state index >= 15 is 0 Å². The van der Waals surface area contributed by atoms with E-state index in [1.165, 1.54) is 42.7 Å². The Kier molecular flexibility index (Phi) is 7.52. The summed E-state index contributed by atoms with van der Waals surface area (Å²) in [6.45, 7) is 1.70. The summed E-state index contributed by atoms with van der Waals surface area (Å²) in [4.78, 5) is 34.7. The normalized spacial score (nSPS) is 14.1. The van der Waals surface area contributed by atoms with Crippen LogP contribution in [-0.4, -0.2) is 53.0 Å². The Bertz CT molecular complexity index is 1560. The number of hydrogen-bond acceptors (Lipinski definition) is 7. The van der Waals surface area contributed by atoms with E-state index in [0.717, 1.165) is 6.07 Å². The lowest BCUT2D eigenvalue weighted by atomic mass is 10.0. The minimum absolute atomic E-state index is 0.124. The van der Waals surface area contributed by atoms with Crippen molar-refractivity contribution in [1.82, 2.24) is 20.2 Å². The number of furan rings is 1. The molecule has 0 bridgehead atoms. The van der Waals surface area contributed by atoms with E-state index in [1.807, 2.05) is 0 Å². The number of carbonyl (C=O) groups excluding carboxylic acids is 2. The number of nitrogens with zero attached hydrogens (tertiary/aromatic N) is 3. The summed E-state index contributed by atoms with van der Waals surface area (Å²) < 4.78 is 52.7. The number of ether oxygens (including phenoxy) is 1. The fraction of sp³-hybridized carbons (Fsp3) is 0.214. The second-order valence-corrected chi connectivity index (χ2v) is 9.06. The third-order valence-corrected chi connectivity index (χ3v) is 6.25. The molecule has 0 unspecified atom stereocenters. The van der Waals surface area contributed by atoms with Gasteiger partial charge in [0.15, 0.2) is 0 Å². The van der Waals surface area contributed by atoms with Crippen LogP contribution in [0.25, 0.3) is 28.3 Å². The lowest BCUT2D eigenvalue weighted by Gasteiger charge is -2.26. The summed E-state index contributed by atoms with van der Waals surface area (Å²) in [6, 6.07) is 10.3. The van der Waals surface area contributed by atoms with Crippen LogP contribution in [-0.2, 0) is 22.3 Å². The van der Waals surface area contributed by atoms with Crippen LogP contribution < -0.4 is 11.1 Å². The average molecular weight is 552 g/mol. The van der Waals surface area contributed by atoms with Crippen molar-refractivity contribution in [1.29, 1.82) is 0 Å². The molecule has 1 aliphatic rings. The van der Waals surface area contributed by atoms with Crippen LogP contribution in [0.5, 0.6) is 0 Å². The summed E-state index contributed by atoms with van der Waals surface area (Å²) in [5, 5.41) is 2.79. The Hall–Kier alpha value is -4.71.